The van der Waals surface area contributed by atoms with E-state index < -0.39 is 0 Å². The van der Waals surface area contributed by atoms with Crippen LogP contribution in [0.4, 0.5) is 0 Å². The Morgan fingerprint density at radius 1 is 1.30 bits per heavy atom. The molecule has 4 nitrogen and oxygen atoms in total. The van der Waals surface area contributed by atoms with Gasteiger partial charge in [-0.2, -0.15) is 0 Å². The SMILES string of the molecule is C=CCN(Cc1ccc(Cl)s1)C(=O)c1ccc(Cl)nn1. The Balaban J connectivity index is 2.17. The molecule has 0 spiro atoms. The van der Waals surface area contributed by atoms with Crippen molar-refractivity contribution in [3.63, 3.8) is 0 Å². The Labute approximate surface area is 130 Å². The molecular formula is C13H11Cl2N3OS. The number of aromatic nitrogens is 2. The fourth-order valence-corrected chi connectivity index (χ4v) is 2.80. The standard InChI is InChI=1S/C13H11Cl2N3OS/c1-2-7-18(8-9-3-6-12(15)20-9)13(19)10-4-5-11(14)17-16-10/h2-6H,1,7-8H2. The van der Waals surface area contributed by atoms with Gasteiger partial charge in [-0.3, -0.25) is 4.79 Å². The number of hydrogen-bond donors (Lipinski definition) is 0. The van der Waals surface area contributed by atoms with Crippen LogP contribution in [0.25, 0.3) is 0 Å². The summed E-state index contributed by atoms with van der Waals surface area (Å²) >= 11 is 13.0. The number of amides is 1. The van der Waals surface area contributed by atoms with Gasteiger partial charge in [0.05, 0.1) is 10.9 Å². The van der Waals surface area contributed by atoms with Crippen molar-refractivity contribution in [3.8, 4) is 0 Å². The quantitative estimate of drug-likeness (QED) is 0.787. The van der Waals surface area contributed by atoms with Crippen molar-refractivity contribution >= 4 is 40.4 Å². The number of nitrogens with zero attached hydrogens (tertiary/aromatic N) is 3. The summed E-state index contributed by atoms with van der Waals surface area (Å²) in [6.07, 6.45) is 1.66. The molecule has 0 atom stereocenters. The third kappa shape index (κ3) is 3.79. The van der Waals surface area contributed by atoms with E-state index in [1.54, 1.807) is 23.1 Å². The second-order valence-electron chi connectivity index (χ2n) is 3.92. The van der Waals surface area contributed by atoms with Crippen molar-refractivity contribution < 1.29 is 4.79 Å². The average Bonchev–Trinajstić information content (AvgIpc) is 2.84. The first-order valence-corrected chi connectivity index (χ1v) is 7.31. The lowest BCUT2D eigenvalue weighted by molar-refractivity contribution is 0.0757. The van der Waals surface area contributed by atoms with Crippen LogP contribution in [0.15, 0.2) is 36.9 Å². The molecule has 0 fully saturated rings. The predicted molar refractivity (Wildman–Crippen MR) is 81.3 cm³/mol. The van der Waals surface area contributed by atoms with Gasteiger partial charge in [0.25, 0.3) is 5.91 Å². The summed E-state index contributed by atoms with van der Waals surface area (Å²) in [5.74, 6) is -0.224. The molecule has 0 aliphatic rings. The lowest BCUT2D eigenvalue weighted by atomic mass is 10.3. The first-order chi connectivity index (χ1) is 9.60. The van der Waals surface area contributed by atoms with Crippen molar-refractivity contribution in [2.45, 2.75) is 6.54 Å². The summed E-state index contributed by atoms with van der Waals surface area (Å²) in [6, 6.07) is 6.79. The minimum absolute atomic E-state index is 0.224. The summed E-state index contributed by atoms with van der Waals surface area (Å²) in [6.45, 7) is 4.53. The van der Waals surface area contributed by atoms with Crippen LogP contribution in [0.5, 0.6) is 0 Å². The van der Waals surface area contributed by atoms with Gasteiger partial charge >= 0.3 is 0 Å². The van der Waals surface area contributed by atoms with Crippen molar-refractivity contribution in [2.24, 2.45) is 0 Å². The van der Waals surface area contributed by atoms with E-state index in [1.807, 2.05) is 6.07 Å². The Morgan fingerprint density at radius 3 is 2.65 bits per heavy atom. The smallest absolute Gasteiger partial charge is 0.274 e. The Morgan fingerprint density at radius 2 is 2.10 bits per heavy atom. The highest BCUT2D eigenvalue weighted by Gasteiger charge is 2.17. The van der Waals surface area contributed by atoms with Gasteiger partial charge in [-0.05, 0) is 24.3 Å². The Kier molecular flexibility index (Phi) is 5.11. The molecule has 104 valence electrons. The molecule has 20 heavy (non-hydrogen) atoms. The third-order valence-corrected chi connectivity index (χ3v) is 3.88. The molecule has 0 N–H and O–H groups in total. The molecular weight excluding hydrogens is 317 g/mol. The number of halogens is 2. The molecule has 2 aromatic heterocycles. The maximum absolute atomic E-state index is 12.4. The van der Waals surface area contributed by atoms with E-state index in [0.29, 0.717) is 17.4 Å². The van der Waals surface area contributed by atoms with Crippen LogP contribution >= 0.6 is 34.5 Å². The van der Waals surface area contributed by atoms with Crippen LogP contribution in [-0.4, -0.2) is 27.5 Å². The van der Waals surface area contributed by atoms with Crippen LogP contribution in [0.3, 0.4) is 0 Å². The largest absolute Gasteiger partial charge is 0.328 e. The summed E-state index contributed by atoms with van der Waals surface area (Å²) < 4.78 is 0.692. The zero-order chi connectivity index (χ0) is 14.5. The minimum Gasteiger partial charge on any atom is -0.328 e. The minimum atomic E-state index is -0.224. The summed E-state index contributed by atoms with van der Waals surface area (Å²) in [5.41, 5.74) is 0.249. The van der Waals surface area contributed by atoms with E-state index in [1.165, 1.54) is 17.4 Å². The summed E-state index contributed by atoms with van der Waals surface area (Å²) in [7, 11) is 0. The number of carbonyl (C=O) groups excluding carboxylic acids is 1. The van der Waals surface area contributed by atoms with E-state index in [4.69, 9.17) is 23.2 Å². The highest BCUT2D eigenvalue weighted by molar-refractivity contribution is 7.16. The van der Waals surface area contributed by atoms with E-state index in [0.717, 1.165) is 4.88 Å². The number of rotatable bonds is 5. The van der Waals surface area contributed by atoms with Crippen LogP contribution in [0, 0.1) is 0 Å². The molecule has 2 heterocycles. The monoisotopic (exact) mass is 327 g/mol. The van der Waals surface area contributed by atoms with Gasteiger partial charge in [0.2, 0.25) is 0 Å². The van der Waals surface area contributed by atoms with Gasteiger partial charge in [-0.1, -0.05) is 29.3 Å². The van der Waals surface area contributed by atoms with Gasteiger partial charge in [-0.25, -0.2) is 0 Å². The molecule has 2 rings (SSSR count). The second kappa shape index (κ2) is 6.83. The molecule has 0 aromatic carbocycles. The molecule has 0 radical (unpaired) electrons. The first kappa shape index (κ1) is 15.0. The zero-order valence-electron chi connectivity index (χ0n) is 10.4. The van der Waals surface area contributed by atoms with Crippen molar-refractivity contribution in [1.29, 1.82) is 0 Å². The zero-order valence-corrected chi connectivity index (χ0v) is 12.8. The first-order valence-electron chi connectivity index (χ1n) is 5.74. The number of thiophene rings is 1. The average molecular weight is 328 g/mol. The molecule has 2 aromatic rings. The van der Waals surface area contributed by atoms with Gasteiger partial charge < -0.3 is 4.90 Å². The summed E-state index contributed by atoms with van der Waals surface area (Å²) in [5, 5.41) is 7.73. The summed E-state index contributed by atoms with van der Waals surface area (Å²) in [4.78, 5) is 15.0. The highest BCUT2D eigenvalue weighted by atomic mass is 35.5. The van der Waals surface area contributed by atoms with Gasteiger partial charge in [-0.15, -0.1) is 28.1 Å². The Bertz CT molecular complexity index is 612. The lowest BCUT2D eigenvalue weighted by Crippen LogP contribution is -2.31. The van der Waals surface area contributed by atoms with Gasteiger partial charge in [0.1, 0.15) is 0 Å². The molecule has 0 saturated heterocycles. The number of carbonyl (C=O) groups is 1. The Hall–Kier alpha value is -1.43. The van der Waals surface area contributed by atoms with E-state index in [2.05, 4.69) is 16.8 Å². The maximum Gasteiger partial charge on any atom is 0.274 e. The van der Waals surface area contributed by atoms with Gasteiger partial charge in [0.15, 0.2) is 10.8 Å². The molecule has 0 bridgehead atoms. The predicted octanol–water partition coefficient (Wildman–Crippen LogP) is 3.67. The molecule has 0 saturated carbocycles. The molecule has 0 aliphatic carbocycles. The molecule has 0 aliphatic heterocycles. The van der Waals surface area contributed by atoms with Crippen LogP contribution < -0.4 is 0 Å². The molecule has 7 heteroatoms. The molecule has 1 amide bonds. The third-order valence-electron chi connectivity index (χ3n) is 2.46. The van der Waals surface area contributed by atoms with Crippen LogP contribution in [-0.2, 0) is 6.54 Å². The normalized spacial score (nSPS) is 10.3. The topological polar surface area (TPSA) is 46.1 Å². The molecule has 0 unspecified atom stereocenters. The fraction of sp³-hybridized carbons (Fsp3) is 0.154. The number of hydrogen-bond acceptors (Lipinski definition) is 4. The fourth-order valence-electron chi connectivity index (χ4n) is 1.59. The highest BCUT2D eigenvalue weighted by Crippen LogP contribution is 2.23. The second-order valence-corrected chi connectivity index (χ2v) is 6.11. The van der Waals surface area contributed by atoms with Crippen molar-refractivity contribution in [1.82, 2.24) is 15.1 Å². The maximum atomic E-state index is 12.4. The van der Waals surface area contributed by atoms with Crippen LogP contribution in [0.2, 0.25) is 9.49 Å². The van der Waals surface area contributed by atoms with Crippen molar-refractivity contribution in [2.75, 3.05) is 6.54 Å². The van der Waals surface area contributed by atoms with Gasteiger partial charge in [0, 0.05) is 11.4 Å². The van der Waals surface area contributed by atoms with Crippen molar-refractivity contribution in [3.05, 3.63) is 57.0 Å². The van der Waals surface area contributed by atoms with E-state index in [-0.39, 0.29) is 16.8 Å². The van der Waals surface area contributed by atoms with E-state index >= 15 is 0 Å². The van der Waals surface area contributed by atoms with E-state index in [9.17, 15) is 4.79 Å². The lowest BCUT2D eigenvalue weighted by Gasteiger charge is -2.19. The van der Waals surface area contributed by atoms with Crippen LogP contribution in [0.1, 0.15) is 15.4 Å².